The second-order valence-corrected chi connectivity index (χ2v) is 6.31. The number of aryl methyl sites for hydroxylation is 1. The van der Waals surface area contributed by atoms with E-state index >= 15 is 0 Å². The van der Waals surface area contributed by atoms with Gasteiger partial charge >= 0.3 is 0 Å². The van der Waals surface area contributed by atoms with E-state index in [1.165, 1.54) is 12.1 Å². The lowest BCUT2D eigenvalue weighted by molar-refractivity contribution is -0.119. The van der Waals surface area contributed by atoms with Crippen molar-refractivity contribution in [3.05, 3.63) is 59.4 Å². The molecule has 2 aromatic carbocycles. The van der Waals surface area contributed by atoms with Gasteiger partial charge in [0.15, 0.2) is 0 Å². The molecular formula is C19H17FN2O. The molecule has 0 aromatic heterocycles. The summed E-state index contributed by atoms with van der Waals surface area (Å²) in [6, 6.07) is 12.4. The molecule has 4 rings (SSSR count). The molecule has 2 heterocycles. The highest BCUT2D eigenvalue weighted by atomic mass is 19.1. The molecule has 1 unspecified atom stereocenters. The first-order chi connectivity index (χ1) is 11.0. The summed E-state index contributed by atoms with van der Waals surface area (Å²) < 4.78 is 13.7. The fourth-order valence-corrected chi connectivity index (χ4v) is 3.69. The lowest BCUT2D eigenvalue weighted by Gasteiger charge is -2.25. The topological polar surface area (TPSA) is 32.7 Å². The number of hydrogen-bond acceptors (Lipinski definition) is 2. The maximum atomic E-state index is 13.7. The minimum Gasteiger partial charge on any atom is -0.311 e. The van der Waals surface area contributed by atoms with Crippen molar-refractivity contribution in [2.24, 2.45) is 4.99 Å². The molecule has 0 N–H and O–H groups in total. The molecular weight excluding hydrogens is 291 g/mol. The van der Waals surface area contributed by atoms with Gasteiger partial charge in [0.05, 0.1) is 5.69 Å². The summed E-state index contributed by atoms with van der Waals surface area (Å²) in [5.41, 5.74) is 3.41. The van der Waals surface area contributed by atoms with Crippen molar-refractivity contribution in [3.8, 4) is 0 Å². The van der Waals surface area contributed by atoms with Crippen LogP contribution in [0.25, 0.3) is 0 Å². The molecule has 2 aliphatic rings. The van der Waals surface area contributed by atoms with Crippen molar-refractivity contribution in [2.45, 2.75) is 25.7 Å². The van der Waals surface area contributed by atoms with Crippen LogP contribution in [0.3, 0.4) is 0 Å². The molecule has 4 heteroatoms. The summed E-state index contributed by atoms with van der Waals surface area (Å²) in [4.78, 5) is 19.5. The molecule has 1 saturated heterocycles. The monoisotopic (exact) mass is 308 g/mol. The number of fused-ring (bicyclic) bond motifs is 2. The molecule has 0 saturated carbocycles. The van der Waals surface area contributed by atoms with Gasteiger partial charge in [-0.05, 0) is 50.6 Å². The molecule has 2 aliphatic heterocycles. The molecule has 0 bridgehead atoms. The van der Waals surface area contributed by atoms with Gasteiger partial charge in [0, 0.05) is 23.5 Å². The summed E-state index contributed by atoms with van der Waals surface area (Å²) in [6.07, 6.45) is 0.630. The number of aliphatic imine (C=N–C) groups is 1. The Morgan fingerprint density at radius 2 is 1.87 bits per heavy atom. The van der Waals surface area contributed by atoms with Gasteiger partial charge in [-0.2, -0.15) is 0 Å². The van der Waals surface area contributed by atoms with Crippen LogP contribution in [0, 0.1) is 12.7 Å². The summed E-state index contributed by atoms with van der Waals surface area (Å²) in [7, 11) is 0. The van der Waals surface area contributed by atoms with Crippen molar-refractivity contribution in [2.75, 3.05) is 11.4 Å². The largest absolute Gasteiger partial charge is 0.311 e. The second kappa shape index (κ2) is 4.75. The third-order valence-electron chi connectivity index (χ3n) is 4.99. The molecule has 1 amide bonds. The Morgan fingerprint density at radius 1 is 1.13 bits per heavy atom. The normalized spacial score (nSPS) is 22.7. The van der Waals surface area contributed by atoms with Gasteiger partial charge in [-0.25, -0.2) is 4.39 Å². The third-order valence-corrected chi connectivity index (χ3v) is 4.99. The fourth-order valence-electron chi connectivity index (χ4n) is 3.69. The number of anilines is 1. The van der Waals surface area contributed by atoms with Crippen LogP contribution >= 0.6 is 0 Å². The third kappa shape index (κ3) is 1.87. The number of rotatable bonds is 1. The van der Waals surface area contributed by atoms with Gasteiger partial charge < -0.3 is 4.90 Å². The van der Waals surface area contributed by atoms with E-state index in [2.05, 4.69) is 4.99 Å². The van der Waals surface area contributed by atoms with E-state index in [9.17, 15) is 9.18 Å². The van der Waals surface area contributed by atoms with Crippen LogP contribution in [0.2, 0.25) is 0 Å². The van der Waals surface area contributed by atoms with Crippen LogP contribution in [0.15, 0.2) is 47.5 Å². The average Bonchev–Trinajstić information content (AvgIpc) is 3.01. The van der Waals surface area contributed by atoms with Crippen LogP contribution in [0.1, 0.15) is 24.5 Å². The zero-order valence-electron chi connectivity index (χ0n) is 13.1. The van der Waals surface area contributed by atoms with Gasteiger partial charge in [0.2, 0.25) is 5.91 Å². The Balaban J connectivity index is 1.80. The second-order valence-electron chi connectivity index (χ2n) is 6.31. The van der Waals surface area contributed by atoms with Gasteiger partial charge in [0.1, 0.15) is 11.2 Å². The van der Waals surface area contributed by atoms with E-state index in [0.29, 0.717) is 24.2 Å². The lowest BCUT2D eigenvalue weighted by atomic mass is 9.76. The minimum absolute atomic E-state index is 0.00745. The quantitative estimate of drug-likeness (QED) is 0.786. The Hall–Kier alpha value is -2.49. The van der Waals surface area contributed by atoms with Crippen molar-refractivity contribution in [1.29, 1.82) is 0 Å². The number of hydrogen-bond donors (Lipinski definition) is 0. The van der Waals surface area contributed by atoms with E-state index in [4.69, 9.17) is 0 Å². The van der Waals surface area contributed by atoms with Crippen LogP contribution in [0.4, 0.5) is 15.8 Å². The number of benzene rings is 2. The van der Waals surface area contributed by atoms with E-state index in [-0.39, 0.29) is 11.7 Å². The molecule has 0 aliphatic carbocycles. The number of carbonyl (C=O) groups excluding carboxylic acids is 1. The van der Waals surface area contributed by atoms with E-state index in [0.717, 1.165) is 17.0 Å². The maximum absolute atomic E-state index is 13.7. The van der Waals surface area contributed by atoms with Crippen molar-refractivity contribution >= 4 is 23.0 Å². The van der Waals surface area contributed by atoms with Crippen LogP contribution in [0.5, 0.6) is 0 Å². The molecule has 1 fully saturated rings. The summed E-state index contributed by atoms with van der Waals surface area (Å²) >= 11 is 0. The first-order valence-electron chi connectivity index (χ1n) is 7.77. The summed E-state index contributed by atoms with van der Waals surface area (Å²) in [5, 5.41) is 0. The summed E-state index contributed by atoms with van der Waals surface area (Å²) in [6.45, 7) is 4.50. The smallest absolute Gasteiger partial charge is 0.243 e. The summed E-state index contributed by atoms with van der Waals surface area (Å²) in [5.74, 6) is -0.332. The zero-order valence-corrected chi connectivity index (χ0v) is 13.1. The Bertz CT molecular complexity index is 841. The lowest BCUT2D eigenvalue weighted by Crippen LogP contribution is -2.41. The van der Waals surface area contributed by atoms with Crippen LogP contribution in [-0.4, -0.2) is 18.2 Å². The molecule has 1 atom stereocenters. The van der Waals surface area contributed by atoms with Gasteiger partial charge in [-0.15, -0.1) is 0 Å². The number of carbonyl (C=O) groups is 1. The van der Waals surface area contributed by atoms with Gasteiger partial charge in [-0.3, -0.25) is 9.79 Å². The SMILES string of the molecule is CC1=Nc2ccc(F)cc2C12CCN(c1ccc(C)cc1)C2=O. The number of halogens is 1. The number of amides is 1. The van der Waals surface area contributed by atoms with Gasteiger partial charge in [-0.1, -0.05) is 17.7 Å². The highest BCUT2D eigenvalue weighted by Gasteiger charge is 2.54. The molecule has 0 radical (unpaired) electrons. The zero-order chi connectivity index (χ0) is 16.2. The highest BCUT2D eigenvalue weighted by molar-refractivity contribution is 6.23. The van der Waals surface area contributed by atoms with E-state index in [1.807, 2.05) is 38.1 Å². The predicted molar refractivity (Wildman–Crippen MR) is 89.0 cm³/mol. The van der Waals surface area contributed by atoms with E-state index in [1.54, 1.807) is 11.0 Å². The Labute approximate surface area is 134 Å². The van der Waals surface area contributed by atoms with Crippen molar-refractivity contribution < 1.29 is 9.18 Å². The fraction of sp³-hybridized carbons (Fsp3) is 0.263. The van der Waals surface area contributed by atoms with Crippen LogP contribution in [-0.2, 0) is 10.2 Å². The minimum atomic E-state index is -0.803. The number of nitrogens with zero attached hydrogens (tertiary/aromatic N) is 2. The van der Waals surface area contributed by atoms with Gasteiger partial charge in [0.25, 0.3) is 0 Å². The predicted octanol–water partition coefficient (Wildman–Crippen LogP) is 3.91. The standard InChI is InChI=1S/C19H17FN2O/c1-12-3-6-15(7-4-12)22-10-9-19(18(22)23)13(2)21-17-8-5-14(20)11-16(17)19/h3-8,11H,9-10H2,1-2H3. The highest BCUT2D eigenvalue weighted by Crippen LogP contribution is 2.47. The maximum Gasteiger partial charge on any atom is 0.243 e. The van der Waals surface area contributed by atoms with Crippen molar-refractivity contribution in [1.82, 2.24) is 0 Å². The van der Waals surface area contributed by atoms with Crippen molar-refractivity contribution in [3.63, 3.8) is 0 Å². The molecule has 2 aromatic rings. The average molecular weight is 308 g/mol. The van der Waals surface area contributed by atoms with E-state index < -0.39 is 5.41 Å². The molecule has 116 valence electrons. The molecule has 1 spiro atoms. The van der Waals surface area contributed by atoms with Crippen LogP contribution < -0.4 is 4.90 Å². The molecule has 3 nitrogen and oxygen atoms in total. The Morgan fingerprint density at radius 3 is 2.61 bits per heavy atom. The first-order valence-corrected chi connectivity index (χ1v) is 7.77. The Kier molecular flexibility index (Phi) is 2.92. The molecule has 23 heavy (non-hydrogen) atoms. The first kappa shape index (κ1) is 14.1.